The summed E-state index contributed by atoms with van der Waals surface area (Å²) < 4.78 is 23.2. The van der Waals surface area contributed by atoms with Gasteiger partial charge in [-0.05, 0) is 17.7 Å². The Bertz CT molecular complexity index is 315. The van der Waals surface area contributed by atoms with Crippen molar-refractivity contribution < 1.29 is 13.9 Å². The topological polar surface area (TPSA) is 44.5 Å². The van der Waals surface area contributed by atoms with Crippen LogP contribution in [0.4, 0.5) is 4.39 Å². The van der Waals surface area contributed by atoms with Gasteiger partial charge in [-0.25, -0.2) is 4.39 Å². The molecule has 78 valence electrons. The van der Waals surface area contributed by atoms with Gasteiger partial charge in [-0.3, -0.25) is 0 Å². The van der Waals surface area contributed by atoms with E-state index in [4.69, 9.17) is 15.2 Å². The van der Waals surface area contributed by atoms with Crippen molar-refractivity contribution in [1.29, 1.82) is 0 Å². The van der Waals surface area contributed by atoms with Crippen molar-refractivity contribution in [2.75, 3.05) is 14.2 Å². The number of hydrogen-bond donors (Lipinski definition) is 1. The molecule has 0 heterocycles. The molecule has 0 aliphatic rings. The molecule has 0 saturated heterocycles. The average molecular weight is 199 g/mol. The van der Waals surface area contributed by atoms with Crippen LogP contribution in [-0.4, -0.2) is 14.2 Å². The van der Waals surface area contributed by atoms with Crippen LogP contribution in [0.15, 0.2) is 12.1 Å². The van der Waals surface area contributed by atoms with E-state index >= 15 is 0 Å². The van der Waals surface area contributed by atoms with Gasteiger partial charge in [0.1, 0.15) is 0 Å². The highest BCUT2D eigenvalue weighted by atomic mass is 19.1. The minimum absolute atomic E-state index is 0.215. The Balaban J connectivity index is 3.10. The van der Waals surface area contributed by atoms with Crippen LogP contribution < -0.4 is 10.5 Å². The summed E-state index contributed by atoms with van der Waals surface area (Å²) in [6.45, 7) is 0.617. The fourth-order valence-corrected chi connectivity index (χ4v) is 1.34. The first-order valence-corrected chi connectivity index (χ1v) is 4.27. The lowest BCUT2D eigenvalue weighted by Crippen LogP contribution is -2.03. The fraction of sp³-hybridized carbons (Fsp3) is 0.400. The predicted octanol–water partition coefficient (Wildman–Crippen LogP) is 1.44. The first-order chi connectivity index (χ1) is 6.72. The van der Waals surface area contributed by atoms with Crippen molar-refractivity contribution in [1.82, 2.24) is 0 Å². The molecule has 2 N–H and O–H groups in total. The number of rotatable bonds is 4. The maximum absolute atomic E-state index is 13.4. The number of hydrogen-bond acceptors (Lipinski definition) is 3. The molecule has 0 atom stereocenters. The lowest BCUT2D eigenvalue weighted by Gasteiger charge is -2.10. The summed E-state index contributed by atoms with van der Waals surface area (Å²) in [6.07, 6.45) is 0. The van der Waals surface area contributed by atoms with Crippen LogP contribution in [0.5, 0.6) is 5.75 Å². The summed E-state index contributed by atoms with van der Waals surface area (Å²) in [5, 5.41) is 0. The SMILES string of the molecule is COCc1cc(F)c(OC)c(CN)c1. The number of ether oxygens (including phenoxy) is 2. The predicted molar refractivity (Wildman–Crippen MR) is 51.6 cm³/mol. The highest BCUT2D eigenvalue weighted by molar-refractivity contribution is 5.38. The van der Waals surface area contributed by atoms with Gasteiger partial charge >= 0.3 is 0 Å². The molecule has 4 heteroatoms. The molecule has 14 heavy (non-hydrogen) atoms. The molecular formula is C10H14FNO2. The quantitative estimate of drug-likeness (QED) is 0.798. The lowest BCUT2D eigenvalue weighted by molar-refractivity contribution is 0.184. The maximum atomic E-state index is 13.4. The van der Waals surface area contributed by atoms with E-state index in [0.717, 1.165) is 5.56 Å². The Morgan fingerprint density at radius 3 is 2.57 bits per heavy atom. The average Bonchev–Trinajstić information content (AvgIpc) is 2.17. The van der Waals surface area contributed by atoms with E-state index in [2.05, 4.69) is 0 Å². The summed E-state index contributed by atoms with van der Waals surface area (Å²) in [7, 11) is 2.98. The summed E-state index contributed by atoms with van der Waals surface area (Å²) in [4.78, 5) is 0. The number of halogens is 1. The monoisotopic (exact) mass is 199 g/mol. The van der Waals surface area contributed by atoms with Crippen molar-refractivity contribution in [3.05, 3.63) is 29.1 Å². The van der Waals surface area contributed by atoms with Crippen molar-refractivity contribution in [3.8, 4) is 5.75 Å². The van der Waals surface area contributed by atoms with Gasteiger partial charge in [0.15, 0.2) is 11.6 Å². The zero-order valence-electron chi connectivity index (χ0n) is 8.34. The molecule has 0 spiro atoms. The van der Waals surface area contributed by atoms with Gasteiger partial charge in [-0.2, -0.15) is 0 Å². The van der Waals surface area contributed by atoms with Gasteiger partial charge in [0.25, 0.3) is 0 Å². The number of methoxy groups -OCH3 is 2. The van der Waals surface area contributed by atoms with Gasteiger partial charge in [-0.1, -0.05) is 0 Å². The van der Waals surface area contributed by atoms with E-state index in [1.54, 1.807) is 13.2 Å². The number of nitrogens with two attached hydrogens (primary N) is 1. The molecule has 0 bridgehead atoms. The molecule has 0 aliphatic heterocycles. The van der Waals surface area contributed by atoms with Crippen LogP contribution in [0.25, 0.3) is 0 Å². The van der Waals surface area contributed by atoms with Crippen LogP contribution in [0.2, 0.25) is 0 Å². The van der Waals surface area contributed by atoms with Crippen molar-refractivity contribution in [2.45, 2.75) is 13.2 Å². The smallest absolute Gasteiger partial charge is 0.165 e. The van der Waals surface area contributed by atoms with Crippen molar-refractivity contribution in [2.24, 2.45) is 5.73 Å². The third kappa shape index (κ3) is 2.21. The second-order valence-corrected chi connectivity index (χ2v) is 2.91. The van der Waals surface area contributed by atoms with Gasteiger partial charge in [0, 0.05) is 19.2 Å². The van der Waals surface area contributed by atoms with Gasteiger partial charge in [0.05, 0.1) is 13.7 Å². The normalized spacial score (nSPS) is 10.3. The molecule has 0 aromatic heterocycles. The molecule has 0 fully saturated rings. The Morgan fingerprint density at radius 1 is 1.36 bits per heavy atom. The molecule has 1 aromatic carbocycles. The van der Waals surface area contributed by atoms with Crippen LogP contribution in [0.1, 0.15) is 11.1 Å². The molecule has 0 radical (unpaired) electrons. The van der Waals surface area contributed by atoms with E-state index < -0.39 is 5.82 Å². The van der Waals surface area contributed by atoms with E-state index in [-0.39, 0.29) is 12.3 Å². The van der Waals surface area contributed by atoms with E-state index in [0.29, 0.717) is 12.2 Å². The zero-order chi connectivity index (χ0) is 10.6. The third-order valence-electron chi connectivity index (χ3n) is 1.92. The highest BCUT2D eigenvalue weighted by Gasteiger charge is 2.09. The summed E-state index contributed by atoms with van der Waals surface area (Å²) in [5.41, 5.74) is 6.88. The third-order valence-corrected chi connectivity index (χ3v) is 1.92. The van der Waals surface area contributed by atoms with Crippen LogP contribution in [-0.2, 0) is 17.9 Å². The highest BCUT2D eigenvalue weighted by Crippen LogP contribution is 2.24. The molecule has 3 nitrogen and oxygen atoms in total. The van der Waals surface area contributed by atoms with Crippen LogP contribution in [0, 0.1) is 5.82 Å². The number of benzene rings is 1. The van der Waals surface area contributed by atoms with Crippen LogP contribution >= 0.6 is 0 Å². The molecular weight excluding hydrogens is 185 g/mol. The second-order valence-electron chi connectivity index (χ2n) is 2.91. The van der Waals surface area contributed by atoms with Gasteiger partial charge < -0.3 is 15.2 Å². The van der Waals surface area contributed by atoms with E-state index in [1.807, 2.05) is 0 Å². The Hall–Kier alpha value is -1.13. The Labute approximate surface area is 82.6 Å². The summed E-state index contributed by atoms with van der Waals surface area (Å²) >= 11 is 0. The Kier molecular flexibility index (Phi) is 3.85. The largest absolute Gasteiger partial charge is 0.493 e. The Morgan fingerprint density at radius 2 is 2.07 bits per heavy atom. The van der Waals surface area contributed by atoms with E-state index in [1.165, 1.54) is 13.2 Å². The first kappa shape index (κ1) is 10.9. The van der Waals surface area contributed by atoms with Crippen LogP contribution in [0.3, 0.4) is 0 Å². The van der Waals surface area contributed by atoms with Crippen molar-refractivity contribution in [3.63, 3.8) is 0 Å². The second kappa shape index (κ2) is 4.93. The molecule has 0 aliphatic carbocycles. The fourth-order valence-electron chi connectivity index (χ4n) is 1.34. The molecule has 1 rings (SSSR count). The molecule has 0 amide bonds. The maximum Gasteiger partial charge on any atom is 0.165 e. The standard InChI is InChI=1S/C10H14FNO2/c1-13-6-7-3-8(5-12)10(14-2)9(11)4-7/h3-4H,5-6,12H2,1-2H3. The first-order valence-electron chi connectivity index (χ1n) is 4.27. The lowest BCUT2D eigenvalue weighted by atomic mass is 10.1. The summed E-state index contributed by atoms with van der Waals surface area (Å²) in [5.74, 6) is -0.185. The zero-order valence-corrected chi connectivity index (χ0v) is 8.34. The van der Waals surface area contributed by atoms with Crippen molar-refractivity contribution >= 4 is 0 Å². The molecule has 0 saturated carbocycles. The minimum Gasteiger partial charge on any atom is -0.493 e. The summed E-state index contributed by atoms with van der Waals surface area (Å²) in [6, 6.07) is 3.17. The van der Waals surface area contributed by atoms with E-state index in [9.17, 15) is 4.39 Å². The van der Waals surface area contributed by atoms with Gasteiger partial charge in [-0.15, -0.1) is 0 Å². The molecule has 1 aromatic rings. The van der Waals surface area contributed by atoms with Gasteiger partial charge in [0.2, 0.25) is 0 Å². The molecule has 0 unspecified atom stereocenters. The minimum atomic E-state index is -0.400.